The van der Waals surface area contributed by atoms with E-state index in [4.69, 9.17) is 0 Å². The van der Waals surface area contributed by atoms with Crippen LogP contribution in [0.5, 0.6) is 0 Å². The maximum absolute atomic E-state index is 13.2. The summed E-state index contributed by atoms with van der Waals surface area (Å²) in [5.41, 5.74) is 1.14. The molecule has 1 fully saturated rings. The molecule has 0 spiro atoms. The molecule has 1 aliphatic carbocycles. The van der Waals surface area contributed by atoms with Crippen molar-refractivity contribution in [2.45, 2.75) is 51.9 Å². The first-order chi connectivity index (χ1) is 13.6. The van der Waals surface area contributed by atoms with E-state index >= 15 is 0 Å². The average molecular weight is 400 g/mol. The molecule has 2 heterocycles. The Labute approximate surface area is 167 Å². The van der Waals surface area contributed by atoms with E-state index in [0.717, 1.165) is 35.2 Å². The lowest BCUT2D eigenvalue weighted by Crippen LogP contribution is -2.42. The molecule has 4 rings (SSSR count). The topological polar surface area (TPSA) is 41.1 Å². The van der Waals surface area contributed by atoms with Gasteiger partial charge in [-0.05, 0) is 56.9 Å². The summed E-state index contributed by atoms with van der Waals surface area (Å²) in [6, 6.07) is 4.25. The second-order valence-corrected chi connectivity index (χ2v) is 7.99. The molecule has 2 aromatic rings. The number of allylic oxidation sites excluding steroid dienone is 1. The highest BCUT2D eigenvalue weighted by Gasteiger charge is 2.43. The molecule has 0 amide bonds. The third-order valence-electron chi connectivity index (χ3n) is 5.71. The van der Waals surface area contributed by atoms with E-state index in [-0.39, 0.29) is 17.6 Å². The van der Waals surface area contributed by atoms with Crippen molar-refractivity contribution in [3.63, 3.8) is 0 Å². The first kappa shape index (κ1) is 19.5. The molecule has 1 N–H and O–H groups in total. The Morgan fingerprint density at radius 1 is 1.21 bits per heavy atom. The molecule has 29 heavy (non-hydrogen) atoms. The van der Waals surface area contributed by atoms with Gasteiger partial charge in [-0.1, -0.05) is 18.7 Å². The zero-order valence-electron chi connectivity index (χ0n) is 16.7. The third-order valence-corrected chi connectivity index (χ3v) is 5.71. The number of fused-ring (bicyclic) bond motifs is 1. The van der Waals surface area contributed by atoms with Crippen molar-refractivity contribution in [1.82, 2.24) is 14.9 Å². The molecule has 1 aromatic carbocycles. The summed E-state index contributed by atoms with van der Waals surface area (Å²) >= 11 is 0. The van der Waals surface area contributed by atoms with Crippen molar-refractivity contribution in [2.24, 2.45) is 0 Å². The summed E-state index contributed by atoms with van der Waals surface area (Å²) < 4.78 is 39.6. The monoisotopic (exact) mass is 400 g/mol. The third kappa shape index (κ3) is 3.61. The average Bonchev–Trinajstić information content (AvgIpc) is 3.37. The van der Waals surface area contributed by atoms with Gasteiger partial charge < -0.3 is 10.2 Å². The highest BCUT2D eigenvalue weighted by atomic mass is 19.4. The molecule has 1 aromatic heterocycles. The highest BCUT2D eigenvalue weighted by Crippen LogP contribution is 2.43. The van der Waals surface area contributed by atoms with Gasteiger partial charge in [0.2, 0.25) is 0 Å². The Morgan fingerprint density at radius 2 is 1.93 bits per heavy atom. The number of hydrogen-bond acceptors (Lipinski definition) is 4. The number of aromatic nitrogens is 2. The molecule has 7 heteroatoms. The molecule has 1 aliphatic heterocycles. The fourth-order valence-corrected chi connectivity index (χ4v) is 3.70. The predicted octanol–water partition coefficient (Wildman–Crippen LogP) is 3.62. The maximum Gasteiger partial charge on any atom is 0.416 e. The Bertz CT molecular complexity index is 1110. The summed E-state index contributed by atoms with van der Waals surface area (Å²) in [5.74, 6) is 1.21. The molecule has 0 unspecified atom stereocenters. The zero-order valence-corrected chi connectivity index (χ0v) is 16.7. The minimum absolute atomic E-state index is 0.0606. The van der Waals surface area contributed by atoms with Crippen molar-refractivity contribution in [2.75, 3.05) is 5.32 Å². The van der Waals surface area contributed by atoms with Crippen LogP contribution < -0.4 is 15.9 Å². The van der Waals surface area contributed by atoms with Crippen LogP contribution >= 0.6 is 0 Å². The number of aryl methyl sites for hydroxylation is 1. The van der Waals surface area contributed by atoms with Crippen molar-refractivity contribution < 1.29 is 13.2 Å². The Morgan fingerprint density at radius 3 is 2.59 bits per heavy atom. The molecule has 152 valence electrons. The van der Waals surface area contributed by atoms with Crippen LogP contribution in [-0.4, -0.2) is 20.4 Å². The highest BCUT2D eigenvalue weighted by molar-refractivity contribution is 5.57. The van der Waals surface area contributed by atoms with Crippen molar-refractivity contribution in [3.05, 3.63) is 63.6 Å². The number of alkyl halides is 3. The number of halogens is 3. The van der Waals surface area contributed by atoms with Crippen LogP contribution in [0.1, 0.15) is 42.3 Å². The summed E-state index contributed by atoms with van der Waals surface area (Å²) in [7, 11) is 0. The van der Waals surface area contributed by atoms with Gasteiger partial charge in [0.05, 0.1) is 16.1 Å². The van der Waals surface area contributed by atoms with E-state index in [9.17, 15) is 13.2 Å². The number of rotatable bonds is 4. The quantitative estimate of drug-likeness (QED) is 0.851. The molecule has 0 atom stereocenters. The Hall–Kier alpha value is -2.83. The second kappa shape index (κ2) is 6.61. The summed E-state index contributed by atoms with van der Waals surface area (Å²) in [4.78, 5) is 11.2. The van der Waals surface area contributed by atoms with Crippen molar-refractivity contribution in [3.8, 4) is 0 Å². The van der Waals surface area contributed by atoms with Crippen molar-refractivity contribution in [1.29, 1.82) is 0 Å². The fourth-order valence-electron chi connectivity index (χ4n) is 3.70. The predicted molar refractivity (Wildman–Crippen MR) is 107 cm³/mol. The van der Waals surface area contributed by atoms with Gasteiger partial charge in [-0.15, -0.1) is 0 Å². The molecule has 4 nitrogen and oxygen atoms in total. The van der Waals surface area contributed by atoms with Gasteiger partial charge in [0.15, 0.2) is 0 Å². The lowest BCUT2D eigenvalue weighted by Gasteiger charge is -2.30. The van der Waals surface area contributed by atoms with Gasteiger partial charge in [-0.2, -0.15) is 13.2 Å². The number of benzene rings is 1. The minimum atomic E-state index is -4.37. The summed E-state index contributed by atoms with van der Waals surface area (Å²) in [6.45, 7) is 9.87. The van der Waals surface area contributed by atoms with Gasteiger partial charge in [0.1, 0.15) is 11.6 Å². The normalized spacial score (nSPS) is 17.3. The molecule has 2 aliphatic rings. The van der Waals surface area contributed by atoms with E-state index in [1.807, 2.05) is 12.3 Å². The molecule has 0 radical (unpaired) electrons. The smallest absolute Gasteiger partial charge is 0.365 e. The van der Waals surface area contributed by atoms with Gasteiger partial charge in [-0.3, -0.25) is 0 Å². The maximum atomic E-state index is 13.2. The number of nitrogens with one attached hydrogen (secondary N) is 1. The summed E-state index contributed by atoms with van der Waals surface area (Å²) in [6.07, 6.45) is 1.75. The van der Waals surface area contributed by atoms with Crippen LogP contribution in [0.15, 0.2) is 30.5 Å². The van der Waals surface area contributed by atoms with Gasteiger partial charge in [0.25, 0.3) is 0 Å². The van der Waals surface area contributed by atoms with Gasteiger partial charge >= 0.3 is 6.18 Å². The SMILES string of the molecule is C=C1C=c2nc(C)nc(NCc3cccc(C(F)(F)F)c3C)c2=CN1C1(C)CC1. The molecule has 1 saturated carbocycles. The number of hydrogen-bond donors (Lipinski definition) is 1. The van der Waals surface area contributed by atoms with E-state index in [1.54, 1.807) is 13.0 Å². The van der Waals surface area contributed by atoms with E-state index in [0.29, 0.717) is 17.2 Å². The van der Waals surface area contributed by atoms with Crippen LogP contribution in [0.3, 0.4) is 0 Å². The lowest BCUT2D eigenvalue weighted by atomic mass is 10.0. The van der Waals surface area contributed by atoms with Crippen LogP contribution in [0.4, 0.5) is 19.0 Å². The Kier molecular flexibility index (Phi) is 4.44. The standard InChI is InChI=1S/C22H23F3N4/c1-13-10-19-17(12-29(13)21(4)8-9-21)20(28-15(3)27-19)26-11-16-6-5-7-18(14(16)2)22(23,24)25/h5-7,10,12H,1,8-9,11H2,2-4H3,(H,26,27,28). The molecular formula is C22H23F3N4. The number of nitrogens with zero attached hydrogens (tertiary/aromatic N) is 3. The first-order valence-corrected chi connectivity index (χ1v) is 9.54. The largest absolute Gasteiger partial charge is 0.416 e. The lowest BCUT2D eigenvalue weighted by molar-refractivity contribution is -0.138. The second-order valence-electron chi connectivity index (χ2n) is 7.99. The molecule has 0 bridgehead atoms. The van der Waals surface area contributed by atoms with E-state index < -0.39 is 11.7 Å². The van der Waals surface area contributed by atoms with Crippen LogP contribution in [0, 0.1) is 13.8 Å². The summed E-state index contributed by atoms with van der Waals surface area (Å²) in [5, 5.41) is 4.83. The zero-order chi connectivity index (χ0) is 21.0. The first-order valence-electron chi connectivity index (χ1n) is 9.54. The van der Waals surface area contributed by atoms with Gasteiger partial charge in [-0.25, -0.2) is 9.97 Å². The Balaban J connectivity index is 1.70. The molecular weight excluding hydrogens is 377 g/mol. The number of anilines is 1. The molecule has 0 saturated heterocycles. The van der Waals surface area contributed by atoms with Gasteiger partial charge in [0, 0.05) is 24.0 Å². The van der Waals surface area contributed by atoms with Crippen LogP contribution in [0.2, 0.25) is 0 Å². The fraction of sp³-hybridized carbons (Fsp3) is 0.364. The van der Waals surface area contributed by atoms with Crippen LogP contribution in [0.25, 0.3) is 12.3 Å². The van der Waals surface area contributed by atoms with Crippen LogP contribution in [-0.2, 0) is 12.7 Å². The van der Waals surface area contributed by atoms with E-state index in [2.05, 4.69) is 33.7 Å². The van der Waals surface area contributed by atoms with Crippen molar-refractivity contribution >= 4 is 18.1 Å². The minimum Gasteiger partial charge on any atom is -0.365 e. The van der Waals surface area contributed by atoms with E-state index in [1.165, 1.54) is 13.0 Å².